The van der Waals surface area contributed by atoms with Crippen molar-refractivity contribution >= 4 is 11.7 Å². The molecule has 0 aromatic heterocycles. The third-order valence-electron chi connectivity index (χ3n) is 2.24. The van der Waals surface area contributed by atoms with E-state index in [1.165, 1.54) is 6.92 Å². The molecule has 1 aromatic carbocycles. The Balaban J connectivity index is 3.02. The summed E-state index contributed by atoms with van der Waals surface area (Å²) in [5.74, 6) is -1.30. The van der Waals surface area contributed by atoms with Crippen LogP contribution in [0.2, 0.25) is 0 Å². The number of aliphatic carboxylic acids is 1. The van der Waals surface area contributed by atoms with Crippen LogP contribution in [0.1, 0.15) is 6.92 Å². The van der Waals surface area contributed by atoms with E-state index >= 15 is 0 Å². The summed E-state index contributed by atoms with van der Waals surface area (Å²) in [6, 6.07) is 8.18. The number of rotatable bonds is 4. The minimum Gasteiger partial charge on any atom is -0.479 e. The Hall–Kier alpha value is -1.59. The average Bonchev–Trinajstić information content (AvgIpc) is 2.28. The highest BCUT2D eigenvalue weighted by atomic mass is 16.5. The molecule has 1 rings (SSSR count). The van der Waals surface area contributed by atoms with Crippen LogP contribution in [-0.2, 0) is 4.79 Å². The Morgan fingerprint density at radius 1 is 1.40 bits per heavy atom. The molecule has 5 heteroatoms. The molecule has 0 saturated carbocycles. The van der Waals surface area contributed by atoms with Gasteiger partial charge in [0.05, 0.1) is 12.3 Å². The van der Waals surface area contributed by atoms with Crippen LogP contribution in [0.25, 0.3) is 0 Å². The van der Waals surface area contributed by atoms with E-state index in [2.05, 4.69) is 0 Å². The van der Waals surface area contributed by atoms with Crippen molar-refractivity contribution in [3.05, 3.63) is 30.3 Å². The van der Waals surface area contributed by atoms with Gasteiger partial charge < -0.3 is 10.2 Å². The van der Waals surface area contributed by atoms with Crippen molar-refractivity contribution in [1.29, 1.82) is 0 Å². The molecular formula is C10H13NO4. The van der Waals surface area contributed by atoms with Crippen LogP contribution in [0.15, 0.2) is 30.3 Å². The van der Waals surface area contributed by atoms with Gasteiger partial charge in [-0.25, -0.2) is 9.86 Å². The van der Waals surface area contributed by atoms with Gasteiger partial charge in [0, 0.05) is 0 Å². The maximum atomic E-state index is 10.9. The van der Waals surface area contributed by atoms with Gasteiger partial charge in [-0.2, -0.15) is 0 Å². The minimum atomic E-state index is -1.73. The molecule has 0 heterocycles. The second-order valence-electron chi connectivity index (χ2n) is 3.38. The minimum absolute atomic E-state index is 0.316. The molecule has 0 fully saturated rings. The molecule has 0 unspecified atom stereocenters. The molecule has 5 nitrogen and oxygen atoms in total. The standard InChI is InChI=1S/C10H13NO4/c1-10(7-12,9(13)14)11(15)8-5-3-2-4-6-8/h2-6,12,15H,7H2,1H3,(H,13,14)/t10-/m0/s1. The fourth-order valence-corrected chi connectivity index (χ4v) is 1.08. The quantitative estimate of drug-likeness (QED) is 0.639. The van der Waals surface area contributed by atoms with Crippen molar-refractivity contribution in [3.8, 4) is 0 Å². The second kappa shape index (κ2) is 4.29. The molecule has 1 atom stereocenters. The summed E-state index contributed by atoms with van der Waals surface area (Å²) < 4.78 is 0. The van der Waals surface area contributed by atoms with Gasteiger partial charge in [-0.1, -0.05) is 18.2 Å². The Labute approximate surface area is 87.1 Å². The van der Waals surface area contributed by atoms with E-state index in [0.29, 0.717) is 10.8 Å². The number of hydrogen-bond donors (Lipinski definition) is 3. The van der Waals surface area contributed by atoms with Gasteiger partial charge in [0.15, 0.2) is 5.54 Å². The van der Waals surface area contributed by atoms with Crippen LogP contribution in [-0.4, -0.2) is 33.5 Å². The van der Waals surface area contributed by atoms with Gasteiger partial charge in [0.1, 0.15) is 0 Å². The number of para-hydroxylation sites is 1. The number of carboxylic acids is 1. The van der Waals surface area contributed by atoms with Crippen LogP contribution in [0, 0.1) is 0 Å². The number of hydrogen-bond acceptors (Lipinski definition) is 4. The summed E-state index contributed by atoms with van der Waals surface area (Å²) in [4.78, 5) is 10.9. The number of benzene rings is 1. The Bertz CT molecular complexity index is 341. The summed E-state index contributed by atoms with van der Waals surface area (Å²) in [5.41, 5.74) is -1.42. The number of aliphatic hydroxyl groups excluding tert-OH is 1. The summed E-state index contributed by atoms with van der Waals surface area (Å²) in [6.07, 6.45) is 0. The molecular weight excluding hydrogens is 198 g/mol. The maximum absolute atomic E-state index is 10.9. The van der Waals surface area contributed by atoms with Crippen molar-refractivity contribution in [2.45, 2.75) is 12.5 Å². The van der Waals surface area contributed by atoms with E-state index in [0.717, 1.165) is 0 Å². The fraction of sp³-hybridized carbons (Fsp3) is 0.300. The molecule has 3 N–H and O–H groups in total. The lowest BCUT2D eigenvalue weighted by molar-refractivity contribution is -0.147. The third kappa shape index (κ3) is 2.08. The molecule has 0 aliphatic rings. The van der Waals surface area contributed by atoms with Crippen molar-refractivity contribution in [2.75, 3.05) is 11.7 Å². The summed E-state index contributed by atoms with van der Waals surface area (Å²) in [7, 11) is 0. The van der Waals surface area contributed by atoms with Gasteiger partial charge >= 0.3 is 5.97 Å². The van der Waals surface area contributed by atoms with E-state index in [1.54, 1.807) is 30.3 Å². The first-order chi connectivity index (χ1) is 7.02. The molecule has 0 radical (unpaired) electrons. The number of aliphatic hydroxyl groups is 1. The highest BCUT2D eigenvalue weighted by molar-refractivity contribution is 5.82. The maximum Gasteiger partial charge on any atom is 0.334 e. The van der Waals surface area contributed by atoms with Crippen LogP contribution in [0.3, 0.4) is 0 Å². The zero-order valence-corrected chi connectivity index (χ0v) is 8.29. The first kappa shape index (κ1) is 11.5. The van der Waals surface area contributed by atoms with Gasteiger partial charge in [-0.15, -0.1) is 0 Å². The molecule has 0 bridgehead atoms. The van der Waals surface area contributed by atoms with Gasteiger partial charge in [-0.05, 0) is 19.1 Å². The van der Waals surface area contributed by atoms with Gasteiger partial charge in [0.25, 0.3) is 0 Å². The molecule has 0 aliphatic heterocycles. The van der Waals surface area contributed by atoms with Crippen LogP contribution >= 0.6 is 0 Å². The smallest absolute Gasteiger partial charge is 0.334 e. The van der Waals surface area contributed by atoms with E-state index in [-0.39, 0.29) is 0 Å². The van der Waals surface area contributed by atoms with E-state index < -0.39 is 18.1 Å². The first-order valence-corrected chi connectivity index (χ1v) is 4.41. The number of carbonyl (C=O) groups is 1. The number of nitrogens with zero attached hydrogens (tertiary/aromatic N) is 1. The lowest BCUT2D eigenvalue weighted by Gasteiger charge is -2.32. The topological polar surface area (TPSA) is 81.0 Å². The highest BCUT2D eigenvalue weighted by Crippen LogP contribution is 2.21. The molecule has 1 aromatic rings. The zero-order chi connectivity index (χ0) is 11.5. The van der Waals surface area contributed by atoms with Gasteiger partial charge in [-0.3, -0.25) is 5.21 Å². The van der Waals surface area contributed by atoms with Crippen LogP contribution < -0.4 is 5.06 Å². The second-order valence-corrected chi connectivity index (χ2v) is 3.38. The number of carboxylic acid groups (broad SMARTS) is 1. The van der Waals surface area contributed by atoms with Crippen molar-refractivity contribution < 1.29 is 20.2 Å². The Kier molecular flexibility index (Phi) is 3.28. The largest absolute Gasteiger partial charge is 0.479 e. The van der Waals surface area contributed by atoms with Crippen molar-refractivity contribution in [2.24, 2.45) is 0 Å². The molecule has 15 heavy (non-hydrogen) atoms. The summed E-state index contributed by atoms with van der Waals surface area (Å²) in [5, 5.41) is 28.2. The predicted molar refractivity (Wildman–Crippen MR) is 53.8 cm³/mol. The van der Waals surface area contributed by atoms with E-state index in [9.17, 15) is 10.0 Å². The fourth-order valence-electron chi connectivity index (χ4n) is 1.08. The molecule has 0 aliphatic carbocycles. The highest BCUT2D eigenvalue weighted by Gasteiger charge is 2.39. The lowest BCUT2D eigenvalue weighted by atomic mass is 10.0. The number of hydroxylamine groups is 1. The van der Waals surface area contributed by atoms with Crippen LogP contribution in [0.5, 0.6) is 0 Å². The monoisotopic (exact) mass is 211 g/mol. The zero-order valence-electron chi connectivity index (χ0n) is 8.29. The Morgan fingerprint density at radius 2 is 1.93 bits per heavy atom. The van der Waals surface area contributed by atoms with Crippen molar-refractivity contribution in [3.63, 3.8) is 0 Å². The average molecular weight is 211 g/mol. The summed E-state index contributed by atoms with van der Waals surface area (Å²) >= 11 is 0. The third-order valence-corrected chi connectivity index (χ3v) is 2.24. The first-order valence-electron chi connectivity index (χ1n) is 4.41. The molecule has 82 valence electrons. The molecule has 0 saturated heterocycles. The lowest BCUT2D eigenvalue weighted by Crippen LogP contribution is -2.54. The molecule has 0 amide bonds. The predicted octanol–water partition coefficient (Wildman–Crippen LogP) is 0.718. The summed E-state index contributed by atoms with van der Waals surface area (Å²) in [6.45, 7) is 0.552. The number of anilines is 1. The SMILES string of the molecule is C[C@](CO)(C(=O)O)N(O)c1ccccc1. The van der Waals surface area contributed by atoms with E-state index in [4.69, 9.17) is 10.2 Å². The van der Waals surface area contributed by atoms with Crippen molar-refractivity contribution in [1.82, 2.24) is 0 Å². The normalized spacial score (nSPS) is 14.3. The van der Waals surface area contributed by atoms with E-state index in [1.807, 2.05) is 0 Å². The van der Waals surface area contributed by atoms with Gasteiger partial charge in [0.2, 0.25) is 0 Å². The van der Waals surface area contributed by atoms with Crippen LogP contribution in [0.4, 0.5) is 5.69 Å². The Morgan fingerprint density at radius 3 is 2.33 bits per heavy atom. The molecule has 0 spiro atoms.